The number of nitrogens with zero attached hydrogens (tertiary/aromatic N) is 2. The van der Waals surface area contributed by atoms with E-state index in [1.54, 1.807) is 17.5 Å². The fourth-order valence-corrected chi connectivity index (χ4v) is 3.20. The fourth-order valence-electron chi connectivity index (χ4n) is 1.66. The van der Waals surface area contributed by atoms with Crippen LogP contribution in [0.15, 0.2) is 15.9 Å². The summed E-state index contributed by atoms with van der Waals surface area (Å²) in [5.41, 5.74) is 0. The molecule has 18 heavy (non-hydrogen) atoms. The Balaban J connectivity index is 2.47. The first-order chi connectivity index (χ1) is 8.49. The lowest BCUT2D eigenvalue weighted by atomic mass is 10.1. The maximum atomic E-state index is 12.2. The standard InChI is InChI=1S/C13H22N2OS2/c1-10(2)7-15(8-11(3)4)12(16)9-18-13-14-5-6-17-13/h5-6,10-11H,7-9H2,1-4H3. The van der Waals surface area contributed by atoms with Crippen LogP contribution in [0, 0.1) is 11.8 Å². The molecule has 0 bridgehead atoms. The van der Waals surface area contributed by atoms with Gasteiger partial charge < -0.3 is 4.90 Å². The van der Waals surface area contributed by atoms with Crippen LogP contribution in [0.1, 0.15) is 27.7 Å². The van der Waals surface area contributed by atoms with Crippen LogP contribution in [-0.2, 0) is 4.79 Å². The van der Waals surface area contributed by atoms with Crippen LogP contribution in [0.25, 0.3) is 0 Å². The van der Waals surface area contributed by atoms with E-state index in [2.05, 4.69) is 32.7 Å². The summed E-state index contributed by atoms with van der Waals surface area (Å²) in [7, 11) is 0. The first-order valence-electron chi connectivity index (χ1n) is 6.29. The first kappa shape index (κ1) is 15.5. The minimum atomic E-state index is 0.220. The zero-order valence-electron chi connectivity index (χ0n) is 11.5. The number of rotatable bonds is 7. The Bertz CT molecular complexity index is 340. The van der Waals surface area contributed by atoms with E-state index in [-0.39, 0.29) is 5.91 Å². The highest BCUT2D eigenvalue weighted by molar-refractivity contribution is 8.01. The molecule has 0 aliphatic carbocycles. The number of hydrogen-bond donors (Lipinski definition) is 0. The van der Waals surface area contributed by atoms with Crippen molar-refractivity contribution in [3.05, 3.63) is 11.6 Å². The summed E-state index contributed by atoms with van der Waals surface area (Å²) in [5.74, 6) is 1.74. The van der Waals surface area contributed by atoms with Gasteiger partial charge in [-0.05, 0) is 11.8 Å². The molecule has 1 rings (SSSR count). The summed E-state index contributed by atoms with van der Waals surface area (Å²) < 4.78 is 0.970. The summed E-state index contributed by atoms with van der Waals surface area (Å²) >= 11 is 3.12. The molecule has 0 atom stereocenters. The third-order valence-corrected chi connectivity index (χ3v) is 4.20. The molecule has 102 valence electrons. The summed E-state index contributed by atoms with van der Waals surface area (Å²) in [5, 5.41) is 1.94. The quantitative estimate of drug-likeness (QED) is 0.721. The van der Waals surface area contributed by atoms with E-state index in [0.29, 0.717) is 17.6 Å². The molecular formula is C13H22N2OS2. The van der Waals surface area contributed by atoms with Crippen molar-refractivity contribution in [1.82, 2.24) is 9.88 Å². The molecule has 5 heteroatoms. The van der Waals surface area contributed by atoms with Gasteiger partial charge in [0, 0.05) is 24.7 Å². The zero-order chi connectivity index (χ0) is 13.5. The third-order valence-electron chi connectivity index (χ3n) is 2.25. The van der Waals surface area contributed by atoms with E-state index in [1.165, 1.54) is 11.8 Å². The largest absolute Gasteiger partial charge is 0.341 e. The Kier molecular flexibility index (Phi) is 6.71. The van der Waals surface area contributed by atoms with Gasteiger partial charge in [0.1, 0.15) is 4.34 Å². The topological polar surface area (TPSA) is 33.2 Å². The van der Waals surface area contributed by atoms with Crippen LogP contribution < -0.4 is 0 Å². The van der Waals surface area contributed by atoms with Crippen molar-refractivity contribution >= 4 is 29.0 Å². The average Bonchev–Trinajstić information content (AvgIpc) is 2.76. The van der Waals surface area contributed by atoms with Gasteiger partial charge in [-0.15, -0.1) is 11.3 Å². The molecular weight excluding hydrogens is 264 g/mol. The molecule has 0 spiro atoms. The minimum Gasteiger partial charge on any atom is -0.341 e. The summed E-state index contributed by atoms with van der Waals surface area (Å²) in [6.07, 6.45) is 1.78. The molecule has 1 heterocycles. The second kappa shape index (κ2) is 7.79. The van der Waals surface area contributed by atoms with Crippen LogP contribution in [-0.4, -0.2) is 34.6 Å². The number of carbonyl (C=O) groups is 1. The van der Waals surface area contributed by atoms with Crippen LogP contribution in [0.3, 0.4) is 0 Å². The lowest BCUT2D eigenvalue weighted by Crippen LogP contribution is -2.38. The number of amides is 1. The molecule has 1 amide bonds. The van der Waals surface area contributed by atoms with Crippen molar-refractivity contribution in [3.63, 3.8) is 0 Å². The second-order valence-electron chi connectivity index (χ2n) is 5.17. The molecule has 0 aromatic carbocycles. The molecule has 3 nitrogen and oxygen atoms in total. The number of thiazole rings is 1. The van der Waals surface area contributed by atoms with Crippen molar-refractivity contribution in [2.24, 2.45) is 11.8 Å². The van der Waals surface area contributed by atoms with Crippen LogP contribution in [0.5, 0.6) is 0 Å². The average molecular weight is 286 g/mol. The Hall–Kier alpha value is -0.550. The van der Waals surface area contributed by atoms with E-state index in [9.17, 15) is 4.79 Å². The molecule has 0 unspecified atom stereocenters. The fraction of sp³-hybridized carbons (Fsp3) is 0.692. The Morgan fingerprint density at radius 3 is 2.39 bits per heavy atom. The predicted molar refractivity (Wildman–Crippen MR) is 79.1 cm³/mol. The van der Waals surface area contributed by atoms with Crippen molar-refractivity contribution in [3.8, 4) is 0 Å². The lowest BCUT2D eigenvalue weighted by molar-refractivity contribution is -0.129. The van der Waals surface area contributed by atoms with Gasteiger partial charge in [-0.25, -0.2) is 4.98 Å². The Labute approximate surface area is 118 Å². The normalized spacial score (nSPS) is 11.2. The molecule has 0 fully saturated rings. The maximum absolute atomic E-state index is 12.2. The SMILES string of the molecule is CC(C)CN(CC(C)C)C(=O)CSc1nccs1. The number of carbonyl (C=O) groups excluding carboxylic acids is 1. The molecule has 0 saturated carbocycles. The van der Waals surface area contributed by atoms with E-state index in [1.807, 2.05) is 10.3 Å². The number of aromatic nitrogens is 1. The van der Waals surface area contributed by atoms with Crippen LogP contribution in [0.4, 0.5) is 0 Å². The van der Waals surface area contributed by atoms with Gasteiger partial charge >= 0.3 is 0 Å². The molecule has 1 aromatic rings. The lowest BCUT2D eigenvalue weighted by Gasteiger charge is -2.26. The van der Waals surface area contributed by atoms with Gasteiger partial charge in [0.25, 0.3) is 0 Å². The predicted octanol–water partition coefficient (Wildman–Crippen LogP) is 3.38. The highest BCUT2D eigenvalue weighted by Gasteiger charge is 2.16. The number of thioether (sulfide) groups is 1. The molecule has 0 N–H and O–H groups in total. The van der Waals surface area contributed by atoms with E-state index in [0.717, 1.165) is 17.4 Å². The van der Waals surface area contributed by atoms with E-state index < -0.39 is 0 Å². The molecule has 0 radical (unpaired) electrons. The maximum Gasteiger partial charge on any atom is 0.233 e. The van der Waals surface area contributed by atoms with Crippen molar-refractivity contribution in [1.29, 1.82) is 0 Å². The number of hydrogen-bond acceptors (Lipinski definition) is 4. The van der Waals surface area contributed by atoms with Gasteiger partial charge in [0.05, 0.1) is 5.75 Å². The second-order valence-corrected chi connectivity index (χ2v) is 7.29. The first-order valence-corrected chi connectivity index (χ1v) is 8.15. The van der Waals surface area contributed by atoms with Gasteiger partial charge in [0.2, 0.25) is 5.91 Å². The van der Waals surface area contributed by atoms with Crippen molar-refractivity contribution in [2.45, 2.75) is 32.0 Å². The zero-order valence-corrected chi connectivity index (χ0v) is 13.2. The molecule has 1 aromatic heterocycles. The van der Waals surface area contributed by atoms with Gasteiger partial charge in [-0.3, -0.25) is 4.79 Å². The summed E-state index contributed by atoms with van der Waals surface area (Å²) in [6, 6.07) is 0. The highest BCUT2D eigenvalue weighted by Crippen LogP contribution is 2.20. The minimum absolute atomic E-state index is 0.220. The monoisotopic (exact) mass is 286 g/mol. The van der Waals surface area contributed by atoms with Gasteiger partial charge in [-0.2, -0.15) is 0 Å². The molecule has 0 aliphatic rings. The van der Waals surface area contributed by atoms with E-state index in [4.69, 9.17) is 0 Å². The van der Waals surface area contributed by atoms with Crippen molar-refractivity contribution in [2.75, 3.05) is 18.8 Å². The van der Waals surface area contributed by atoms with Gasteiger partial charge in [-0.1, -0.05) is 39.5 Å². The third kappa shape index (κ3) is 5.87. The van der Waals surface area contributed by atoms with Crippen LogP contribution >= 0.6 is 23.1 Å². The van der Waals surface area contributed by atoms with Crippen LogP contribution in [0.2, 0.25) is 0 Å². The van der Waals surface area contributed by atoms with Gasteiger partial charge in [0.15, 0.2) is 0 Å². The Morgan fingerprint density at radius 1 is 1.33 bits per heavy atom. The molecule has 0 saturated heterocycles. The van der Waals surface area contributed by atoms with E-state index >= 15 is 0 Å². The highest BCUT2D eigenvalue weighted by atomic mass is 32.2. The van der Waals surface area contributed by atoms with Crippen molar-refractivity contribution < 1.29 is 4.79 Å². The summed E-state index contributed by atoms with van der Waals surface area (Å²) in [6.45, 7) is 10.3. The Morgan fingerprint density at radius 2 is 1.94 bits per heavy atom. The summed E-state index contributed by atoms with van der Waals surface area (Å²) in [4.78, 5) is 18.4. The molecule has 0 aliphatic heterocycles. The smallest absolute Gasteiger partial charge is 0.233 e.